The van der Waals surface area contributed by atoms with Crippen LogP contribution in [-0.4, -0.2) is 3.53 Å². The van der Waals surface area contributed by atoms with E-state index in [4.69, 9.17) is 22.7 Å². The predicted octanol–water partition coefficient (Wildman–Crippen LogP) is -2.98. The van der Waals surface area contributed by atoms with E-state index < -0.39 is 0 Å². The van der Waals surface area contributed by atoms with Gasteiger partial charge >= 0.3 is 103 Å². The topological polar surface area (TPSA) is 47.6 Å². The molecule has 7 heteroatoms. The molecule has 0 saturated carbocycles. The van der Waals surface area contributed by atoms with Gasteiger partial charge in [-0.15, -0.1) is 0 Å². The van der Waals surface area contributed by atoms with Crippen molar-refractivity contribution in [3.05, 3.63) is 26.4 Å². The summed E-state index contributed by atoms with van der Waals surface area (Å²) in [6, 6.07) is 3.63. The second kappa shape index (κ2) is 24.8. The number of rotatable bonds is 2. The van der Waals surface area contributed by atoms with Crippen LogP contribution in [0.3, 0.4) is 0 Å². The number of hydrogen-bond donors (Lipinski definition) is 0. The van der Waals surface area contributed by atoms with Gasteiger partial charge in [-0.25, -0.2) is 22.0 Å². The molecule has 14 heavy (non-hydrogen) atoms. The van der Waals surface area contributed by atoms with Crippen molar-refractivity contribution >= 4 is 39.3 Å². The van der Waals surface area contributed by atoms with Crippen LogP contribution in [0.15, 0.2) is 0 Å². The van der Waals surface area contributed by atoms with E-state index in [1.54, 1.807) is 0 Å². The maximum atomic E-state index is 8.07. The van der Waals surface area contributed by atoms with Crippen molar-refractivity contribution in [3.63, 3.8) is 0 Å². The van der Waals surface area contributed by atoms with Crippen LogP contribution in [0.1, 0.15) is 0 Å². The van der Waals surface area contributed by atoms with Gasteiger partial charge in [0.05, 0.1) is 0 Å². The molecule has 0 aliphatic carbocycles. The van der Waals surface area contributed by atoms with Gasteiger partial charge in [0.15, 0.2) is 0 Å². The number of nitriles is 2. The van der Waals surface area contributed by atoms with Gasteiger partial charge in [0.1, 0.15) is 0 Å². The maximum Gasteiger partial charge on any atom is 1.00 e. The first kappa shape index (κ1) is 30.1. The zero-order chi connectivity index (χ0) is 7.82. The molecule has 0 aliphatic rings. The van der Waals surface area contributed by atoms with Gasteiger partial charge in [-0.2, -0.15) is 0 Å². The quantitative estimate of drug-likeness (QED) is 0.309. The molecule has 68 valence electrons. The van der Waals surface area contributed by atoms with Gasteiger partial charge in [-0.05, 0) is 0 Å². The second-order valence-electron chi connectivity index (χ2n) is 0.980. The summed E-state index contributed by atoms with van der Waals surface area (Å²) in [7, 11) is 0. The molecule has 0 aromatic carbocycles. The van der Waals surface area contributed by atoms with Crippen LogP contribution in [0.5, 0.6) is 0 Å². The Balaban J connectivity index is -0.0000000675. The monoisotopic (exact) mass is 294 g/mol. The summed E-state index contributed by atoms with van der Waals surface area (Å²) in [4.78, 5) is 0. The molecule has 0 bridgehead atoms. The van der Waals surface area contributed by atoms with Crippen LogP contribution in [0.4, 0.5) is 0 Å². The Morgan fingerprint density at radius 1 is 1.00 bits per heavy atom. The van der Waals surface area contributed by atoms with E-state index in [9.17, 15) is 0 Å². The smallest absolute Gasteiger partial charge is 0.358 e. The Bertz CT molecular complexity index is 178. The van der Waals surface area contributed by atoms with E-state index in [0.717, 1.165) is 23.5 Å². The Morgan fingerprint density at radius 3 is 1.50 bits per heavy atom. The third kappa shape index (κ3) is 24.2. The largest absolute Gasteiger partial charge is 1.00 e. The standard InChI is InChI=1S/C5H2N2S3.2CH3.2K/c6-1-3-9-5(8)10-4-2-7;;;;/h3-4H;2*1H3;;/q-2;2*-1;2*+1. The van der Waals surface area contributed by atoms with Crippen molar-refractivity contribution in [1.82, 2.24) is 0 Å². The molecular weight excluding hydrogens is 286 g/mol. The summed E-state index contributed by atoms with van der Waals surface area (Å²) in [5.41, 5.74) is 0. The molecule has 0 fully saturated rings. The summed E-state index contributed by atoms with van der Waals surface area (Å²) in [5, 5.41) is 16.1. The van der Waals surface area contributed by atoms with Crippen LogP contribution in [-0.2, 0) is 0 Å². The predicted molar refractivity (Wildman–Crippen MR) is 60.4 cm³/mol. The van der Waals surface area contributed by atoms with Gasteiger partial charge in [0, 0.05) is 3.53 Å². The molecule has 0 aliphatic heterocycles. The summed E-state index contributed by atoms with van der Waals surface area (Å²) < 4.78 is 0.558. The molecule has 0 atom stereocenters. The molecule has 0 amide bonds. The van der Waals surface area contributed by atoms with Gasteiger partial charge in [0.25, 0.3) is 0 Å². The molecule has 0 radical (unpaired) electrons. The fraction of sp³-hybridized carbons (Fsp3) is 0. The van der Waals surface area contributed by atoms with Crippen molar-refractivity contribution in [2.75, 3.05) is 0 Å². The zero-order valence-electron chi connectivity index (χ0n) is 8.77. The fourth-order valence-corrected chi connectivity index (χ4v) is 1.27. The first-order chi connectivity index (χ1) is 4.81. The minimum absolute atomic E-state index is 0. The van der Waals surface area contributed by atoms with Crippen molar-refractivity contribution in [2.45, 2.75) is 0 Å². The van der Waals surface area contributed by atoms with Gasteiger partial charge in [0.2, 0.25) is 0 Å². The molecule has 2 nitrogen and oxygen atoms in total. The molecule has 0 saturated heterocycles. The number of thioether (sulfide) groups is 2. The average molecular weight is 295 g/mol. The second-order valence-corrected chi connectivity index (χ2v) is 3.92. The van der Waals surface area contributed by atoms with Gasteiger partial charge in [-0.1, -0.05) is 24.4 Å². The van der Waals surface area contributed by atoms with E-state index in [-0.39, 0.29) is 118 Å². The van der Waals surface area contributed by atoms with Crippen molar-refractivity contribution in [2.24, 2.45) is 0 Å². The summed E-state index contributed by atoms with van der Waals surface area (Å²) >= 11 is 7.03. The molecule has 0 aromatic rings. The van der Waals surface area contributed by atoms with Gasteiger partial charge < -0.3 is 14.9 Å². The van der Waals surface area contributed by atoms with Crippen LogP contribution in [0.2, 0.25) is 0 Å². The van der Waals surface area contributed by atoms with Gasteiger partial charge in [-0.3, -0.25) is 23.5 Å². The molecular formula is C7H8K2N2S3-2. The Hall–Kier alpha value is 2.78. The summed E-state index contributed by atoms with van der Waals surface area (Å²) in [5.74, 6) is 2.64. The summed E-state index contributed by atoms with van der Waals surface area (Å²) in [6.07, 6.45) is 0. The van der Waals surface area contributed by atoms with Crippen LogP contribution in [0.25, 0.3) is 0 Å². The SMILES string of the molecule is N#C[CH-]SC(=S)S[CH-]C#N.[CH3-].[CH3-].[K+].[K+]. The average Bonchev–Trinajstić information content (AvgIpc) is 1.97. The van der Waals surface area contributed by atoms with Crippen molar-refractivity contribution in [3.8, 4) is 12.1 Å². The molecule has 0 heterocycles. The van der Waals surface area contributed by atoms with E-state index in [1.165, 1.54) is 11.5 Å². The first-order valence-corrected chi connectivity index (χ1v) is 4.28. The Morgan fingerprint density at radius 2 is 1.29 bits per heavy atom. The van der Waals surface area contributed by atoms with Crippen molar-refractivity contribution in [1.29, 1.82) is 10.5 Å². The van der Waals surface area contributed by atoms with E-state index in [1.807, 2.05) is 12.1 Å². The number of hydrogen-bond acceptors (Lipinski definition) is 5. The first-order valence-electron chi connectivity index (χ1n) is 2.11. The van der Waals surface area contributed by atoms with Crippen LogP contribution in [0, 0.1) is 49.0 Å². The minimum atomic E-state index is 0. The molecule has 0 unspecified atom stereocenters. The molecule has 0 N–H and O–H groups in total. The van der Waals surface area contributed by atoms with Crippen LogP contribution < -0.4 is 103 Å². The van der Waals surface area contributed by atoms with E-state index in [0.29, 0.717) is 3.53 Å². The van der Waals surface area contributed by atoms with E-state index >= 15 is 0 Å². The third-order valence-corrected chi connectivity index (χ3v) is 2.40. The van der Waals surface area contributed by atoms with Crippen LogP contribution >= 0.6 is 35.7 Å². The number of thiocarbonyl (C=S) groups is 1. The molecule has 0 aromatic heterocycles. The minimum Gasteiger partial charge on any atom is -0.358 e. The van der Waals surface area contributed by atoms with E-state index in [2.05, 4.69) is 0 Å². The maximum absolute atomic E-state index is 8.07. The zero-order valence-corrected chi connectivity index (χ0v) is 17.5. The summed E-state index contributed by atoms with van der Waals surface area (Å²) in [6.45, 7) is 0. The number of nitrogens with zero attached hydrogens (tertiary/aromatic N) is 2. The molecule has 0 rings (SSSR count). The van der Waals surface area contributed by atoms with Crippen molar-refractivity contribution < 1.29 is 103 Å². The molecule has 0 spiro atoms. The third-order valence-electron chi connectivity index (χ3n) is 0.416. The Labute approximate surface area is 186 Å². The fourth-order valence-electron chi connectivity index (χ4n) is 0.177. The Kier molecular flexibility index (Phi) is 53.4. The normalized spacial score (nSPS) is 5.00.